The van der Waals surface area contributed by atoms with Crippen LogP contribution >= 0.6 is 11.8 Å². The molecule has 0 unspecified atom stereocenters. The molecule has 0 aromatic heterocycles. The number of hydrogen-bond donors (Lipinski definition) is 5. The zero-order valence-electron chi connectivity index (χ0n) is 17.5. The van der Waals surface area contributed by atoms with E-state index >= 15 is 0 Å². The van der Waals surface area contributed by atoms with Gasteiger partial charge in [0, 0.05) is 63.2 Å². The number of nitrogens with one attached hydrogen (secondary N) is 5. The topological polar surface area (TPSA) is 97.5 Å². The van der Waals surface area contributed by atoms with Gasteiger partial charge in [0.2, 0.25) is 5.91 Å². The summed E-state index contributed by atoms with van der Waals surface area (Å²) in [5, 5.41) is 16.4. The lowest BCUT2D eigenvalue weighted by Crippen LogP contribution is -2.36. The largest absolute Gasteiger partial charge is 0.356 e. The third-order valence-corrected chi connectivity index (χ3v) is 7.50. The molecule has 29 heavy (non-hydrogen) atoms. The molecule has 0 aliphatic carbocycles. The standard InChI is InChI=1S/C20H38N6O2S/c27-18(6-2-1-5-17-19-16(15-29-17)24-20(28)25-19)23-7-3-4-12-26-13-10-21-8-9-22-11-14-26/h16-17,19,21-22H,1-15H2,(H,23,27)(H2,24,25,28)/t16-,17-,19-/m0/s1. The summed E-state index contributed by atoms with van der Waals surface area (Å²) in [4.78, 5) is 26.0. The molecule has 3 aliphatic heterocycles. The fourth-order valence-electron chi connectivity index (χ4n) is 4.29. The maximum atomic E-state index is 12.0. The van der Waals surface area contributed by atoms with Crippen molar-refractivity contribution in [1.29, 1.82) is 0 Å². The Kier molecular flexibility index (Phi) is 9.85. The van der Waals surface area contributed by atoms with Gasteiger partial charge in [0.15, 0.2) is 0 Å². The molecule has 0 radical (unpaired) electrons. The Morgan fingerprint density at radius 1 is 1.03 bits per heavy atom. The number of fused-ring (bicyclic) bond motifs is 1. The van der Waals surface area contributed by atoms with Crippen LogP contribution in [0, 0.1) is 0 Å². The third kappa shape index (κ3) is 7.96. The smallest absolute Gasteiger partial charge is 0.315 e. The number of hydrogen-bond acceptors (Lipinski definition) is 6. The van der Waals surface area contributed by atoms with E-state index in [1.54, 1.807) is 0 Å². The molecule has 3 amide bonds. The summed E-state index contributed by atoms with van der Waals surface area (Å²) in [7, 11) is 0. The first kappa shape index (κ1) is 22.7. The molecule has 3 saturated heterocycles. The molecule has 3 fully saturated rings. The van der Waals surface area contributed by atoms with Crippen molar-refractivity contribution >= 4 is 23.7 Å². The summed E-state index contributed by atoms with van der Waals surface area (Å²) in [5.41, 5.74) is 0. The Morgan fingerprint density at radius 2 is 1.83 bits per heavy atom. The fraction of sp³-hybridized carbons (Fsp3) is 0.900. The van der Waals surface area contributed by atoms with Gasteiger partial charge < -0.3 is 31.5 Å². The average molecular weight is 427 g/mol. The van der Waals surface area contributed by atoms with Crippen molar-refractivity contribution in [2.75, 3.05) is 58.1 Å². The number of amides is 3. The molecule has 0 bridgehead atoms. The normalized spacial score (nSPS) is 28.0. The molecule has 0 aromatic carbocycles. The van der Waals surface area contributed by atoms with E-state index < -0.39 is 0 Å². The van der Waals surface area contributed by atoms with E-state index in [4.69, 9.17) is 0 Å². The van der Waals surface area contributed by atoms with Gasteiger partial charge in [0.05, 0.1) is 12.1 Å². The van der Waals surface area contributed by atoms with Crippen LogP contribution in [-0.2, 0) is 4.79 Å². The Labute approximate surface area is 179 Å². The quantitative estimate of drug-likeness (QED) is 0.251. The van der Waals surface area contributed by atoms with Crippen LogP contribution in [0.3, 0.4) is 0 Å². The van der Waals surface area contributed by atoms with Crippen LogP contribution < -0.4 is 26.6 Å². The summed E-state index contributed by atoms with van der Waals surface area (Å²) in [5.74, 6) is 1.17. The van der Waals surface area contributed by atoms with Gasteiger partial charge >= 0.3 is 6.03 Å². The zero-order chi connectivity index (χ0) is 20.3. The number of carbonyl (C=O) groups is 2. The Bertz CT molecular complexity index is 513. The third-order valence-electron chi connectivity index (χ3n) is 5.99. The molecule has 9 heteroatoms. The summed E-state index contributed by atoms with van der Waals surface area (Å²) in [6.07, 6.45) is 5.82. The van der Waals surface area contributed by atoms with E-state index in [9.17, 15) is 9.59 Å². The monoisotopic (exact) mass is 426 g/mol. The van der Waals surface area contributed by atoms with Crippen molar-refractivity contribution in [2.45, 2.75) is 55.9 Å². The molecule has 3 aliphatic rings. The highest BCUT2D eigenvalue weighted by Gasteiger charge is 2.42. The van der Waals surface area contributed by atoms with E-state index in [0.717, 1.165) is 90.2 Å². The van der Waals surface area contributed by atoms with Gasteiger partial charge in [-0.15, -0.1) is 0 Å². The zero-order valence-corrected chi connectivity index (χ0v) is 18.3. The predicted molar refractivity (Wildman–Crippen MR) is 118 cm³/mol. The average Bonchev–Trinajstić information content (AvgIpc) is 3.28. The molecule has 5 N–H and O–H groups in total. The maximum Gasteiger partial charge on any atom is 0.315 e. The van der Waals surface area contributed by atoms with Crippen LogP contribution in [0.5, 0.6) is 0 Å². The Morgan fingerprint density at radius 3 is 2.62 bits per heavy atom. The highest BCUT2D eigenvalue weighted by atomic mass is 32.2. The molecule has 166 valence electrons. The molecule has 3 rings (SSSR count). The second-order valence-corrected chi connectivity index (χ2v) is 9.54. The molecule has 0 spiro atoms. The van der Waals surface area contributed by atoms with Crippen LogP contribution in [0.1, 0.15) is 38.5 Å². The SMILES string of the molecule is O=C(CCCC[C@@H]1SC[C@@H]2NC(=O)N[C@@H]21)NCCCCN1CCNCCNCC1. The lowest BCUT2D eigenvalue weighted by atomic mass is 10.0. The van der Waals surface area contributed by atoms with E-state index in [1.165, 1.54) is 0 Å². The van der Waals surface area contributed by atoms with Crippen molar-refractivity contribution in [3.8, 4) is 0 Å². The Hall–Kier alpha value is -1.03. The number of nitrogens with zero attached hydrogens (tertiary/aromatic N) is 1. The first-order chi connectivity index (χ1) is 14.2. The van der Waals surface area contributed by atoms with Gasteiger partial charge in [0.25, 0.3) is 0 Å². The minimum absolute atomic E-state index is 0.0279. The predicted octanol–water partition coefficient (Wildman–Crippen LogP) is 0.103. The first-order valence-electron chi connectivity index (χ1n) is 11.3. The lowest BCUT2D eigenvalue weighted by Gasteiger charge is -2.21. The van der Waals surface area contributed by atoms with E-state index in [2.05, 4.69) is 31.5 Å². The summed E-state index contributed by atoms with van der Waals surface area (Å²) in [6, 6.07) is 0.530. The van der Waals surface area contributed by atoms with Crippen LogP contribution in [0.4, 0.5) is 4.79 Å². The van der Waals surface area contributed by atoms with Crippen LogP contribution in [0.15, 0.2) is 0 Å². The molecular formula is C20H38N6O2S. The van der Waals surface area contributed by atoms with Crippen molar-refractivity contribution in [3.63, 3.8) is 0 Å². The van der Waals surface area contributed by atoms with Gasteiger partial charge in [-0.05, 0) is 32.2 Å². The minimum atomic E-state index is -0.0279. The number of carbonyl (C=O) groups excluding carboxylic acids is 2. The Balaban J connectivity index is 1.16. The molecule has 8 nitrogen and oxygen atoms in total. The molecule has 3 atom stereocenters. The van der Waals surface area contributed by atoms with Crippen molar-refractivity contribution in [3.05, 3.63) is 0 Å². The van der Waals surface area contributed by atoms with Gasteiger partial charge in [-0.25, -0.2) is 4.79 Å². The number of unbranched alkanes of at least 4 members (excludes halogenated alkanes) is 2. The summed E-state index contributed by atoms with van der Waals surface area (Å²) >= 11 is 1.94. The lowest BCUT2D eigenvalue weighted by molar-refractivity contribution is -0.121. The van der Waals surface area contributed by atoms with E-state index in [-0.39, 0.29) is 24.0 Å². The minimum Gasteiger partial charge on any atom is -0.356 e. The first-order valence-corrected chi connectivity index (χ1v) is 12.4. The second-order valence-electron chi connectivity index (χ2n) is 8.27. The fourth-order valence-corrected chi connectivity index (χ4v) is 5.83. The second kappa shape index (κ2) is 12.6. The van der Waals surface area contributed by atoms with Crippen LogP contribution in [0.25, 0.3) is 0 Å². The number of thioether (sulfide) groups is 1. The molecule has 3 heterocycles. The van der Waals surface area contributed by atoms with Gasteiger partial charge in [-0.2, -0.15) is 11.8 Å². The summed E-state index contributed by atoms with van der Waals surface area (Å²) in [6.45, 7) is 8.31. The highest BCUT2D eigenvalue weighted by Crippen LogP contribution is 2.33. The number of urea groups is 1. The molecule has 0 aromatic rings. The molecule has 0 saturated carbocycles. The van der Waals surface area contributed by atoms with E-state index in [0.29, 0.717) is 11.7 Å². The van der Waals surface area contributed by atoms with Crippen LogP contribution in [-0.4, -0.2) is 92.3 Å². The van der Waals surface area contributed by atoms with Crippen molar-refractivity contribution in [2.24, 2.45) is 0 Å². The number of rotatable bonds is 10. The van der Waals surface area contributed by atoms with Crippen molar-refractivity contribution < 1.29 is 9.59 Å². The maximum absolute atomic E-state index is 12.0. The van der Waals surface area contributed by atoms with Crippen LogP contribution in [0.2, 0.25) is 0 Å². The molecular weight excluding hydrogens is 388 g/mol. The van der Waals surface area contributed by atoms with Gasteiger partial charge in [-0.3, -0.25) is 4.79 Å². The van der Waals surface area contributed by atoms with Gasteiger partial charge in [0.1, 0.15) is 0 Å². The van der Waals surface area contributed by atoms with E-state index in [1.807, 2.05) is 11.8 Å². The summed E-state index contributed by atoms with van der Waals surface area (Å²) < 4.78 is 0. The highest BCUT2D eigenvalue weighted by molar-refractivity contribution is 8.00. The van der Waals surface area contributed by atoms with Crippen molar-refractivity contribution in [1.82, 2.24) is 31.5 Å². The van der Waals surface area contributed by atoms with Gasteiger partial charge in [-0.1, -0.05) is 6.42 Å².